The van der Waals surface area contributed by atoms with Gasteiger partial charge in [-0.05, 0) is 44.4 Å². The van der Waals surface area contributed by atoms with E-state index >= 15 is 0 Å². The molecule has 3 aromatic rings. The molecule has 1 fully saturated rings. The minimum absolute atomic E-state index is 0.353. The Hall–Kier alpha value is -2.60. The van der Waals surface area contributed by atoms with Crippen molar-refractivity contribution in [1.29, 1.82) is 0 Å². The average molecular weight is 426 g/mol. The maximum atomic E-state index is 6.18. The Labute approximate surface area is 182 Å². The Morgan fingerprint density at radius 1 is 1.23 bits per heavy atom. The van der Waals surface area contributed by atoms with Crippen molar-refractivity contribution in [2.24, 2.45) is 0 Å². The molecule has 6 nitrogen and oxygen atoms in total. The number of nitrogens with zero attached hydrogens (tertiary/aromatic N) is 5. The van der Waals surface area contributed by atoms with Crippen LogP contribution in [-0.2, 0) is 13.0 Å². The zero-order valence-electron chi connectivity index (χ0n) is 17.8. The molecule has 0 amide bonds. The first-order chi connectivity index (χ1) is 14.6. The van der Waals surface area contributed by atoms with Gasteiger partial charge in [-0.2, -0.15) is 5.10 Å². The van der Waals surface area contributed by atoms with E-state index < -0.39 is 0 Å². The van der Waals surface area contributed by atoms with Crippen LogP contribution in [0.4, 0.5) is 0 Å². The Balaban J connectivity index is 1.46. The van der Waals surface area contributed by atoms with Crippen LogP contribution in [0.15, 0.2) is 46.5 Å². The van der Waals surface area contributed by atoms with E-state index in [4.69, 9.17) is 21.1 Å². The molecule has 1 aromatic carbocycles. The minimum atomic E-state index is 0.353. The summed E-state index contributed by atoms with van der Waals surface area (Å²) in [6.07, 6.45) is 5.18. The number of rotatable bonds is 6. The Morgan fingerprint density at radius 3 is 2.67 bits per heavy atom. The number of piperidine rings is 1. The smallest absolute Gasteiger partial charge is 0.219 e. The second-order valence-corrected chi connectivity index (χ2v) is 8.18. The third-order valence-electron chi connectivity index (χ3n) is 5.78. The monoisotopic (exact) mass is 425 g/mol. The minimum Gasteiger partial charge on any atom is -0.425 e. The Kier molecular flexibility index (Phi) is 6.23. The Morgan fingerprint density at radius 2 is 2.03 bits per heavy atom. The molecule has 0 aliphatic carbocycles. The fraction of sp³-hybridized carbons (Fsp3) is 0.435. The third kappa shape index (κ3) is 4.43. The predicted molar refractivity (Wildman–Crippen MR) is 118 cm³/mol. The number of benzene rings is 1. The fourth-order valence-electron chi connectivity index (χ4n) is 4.08. The molecule has 158 valence electrons. The lowest BCUT2D eigenvalue weighted by Crippen LogP contribution is -2.34. The highest BCUT2D eigenvalue weighted by Gasteiger charge is 2.26. The van der Waals surface area contributed by atoms with E-state index in [1.165, 1.54) is 11.4 Å². The maximum absolute atomic E-state index is 6.18. The number of hydrogen-bond donors (Lipinski definition) is 0. The van der Waals surface area contributed by atoms with E-state index in [0.717, 1.165) is 61.1 Å². The molecular weight excluding hydrogens is 398 g/mol. The van der Waals surface area contributed by atoms with Crippen molar-refractivity contribution in [3.8, 4) is 11.3 Å². The molecule has 4 rings (SSSR count). The van der Waals surface area contributed by atoms with Crippen LogP contribution >= 0.6 is 11.6 Å². The van der Waals surface area contributed by atoms with Crippen LogP contribution in [0.3, 0.4) is 0 Å². The number of allylic oxidation sites excluding steroid dienone is 2. The second-order valence-electron chi connectivity index (χ2n) is 7.74. The first-order valence-corrected chi connectivity index (χ1v) is 11.0. The topological polar surface area (TPSA) is 60.0 Å². The molecule has 1 saturated heterocycles. The molecule has 1 aliphatic heterocycles. The molecule has 2 aromatic heterocycles. The van der Waals surface area contributed by atoms with Gasteiger partial charge in [-0.25, -0.2) is 0 Å². The highest BCUT2D eigenvalue weighted by molar-refractivity contribution is 6.30. The number of likely N-dealkylation sites (tertiary alicyclic amines) is 1. The Bertz CT molecular complexity index is 1030. The standard InChI is InChI=1S/C23H28ClN5O/c1-4-20-14-22(18-7-6-8-19(24)13-18)27-29(20)15-21(5-2)28-11-9-17(10-12-28)23-26-25-16(3)30-23/h5-8,13-14,17H,4,9-12,15H2,1-3H3. The fourth-order valence-corrected chi connectivity index (χ4v) is 4.27. The lowest BCUT2D eigenvalue weighted by Gasteiger charge is -2.34. The van der Waals surface area contributed by atoms with Crippen molar-refractivity contribution in [3.63, 3.8) is 0 Å². The number of aryl methyl sites for hydroxylation is 2. The van der Waals surface area contributed by atoms with Crippen molar-refractivity contribution in [2.75, 3.05) is 13.1 Å². The summed E-state index contributed by atoms with van der Waals surface area (Å²) in [6, 6.07) is 10.0. The zero-order chi connectivity index (χ0) is 21.1. The zero-order valence-corrected chi connectivity index (χ0v) is 18.6. The molecule has 0 atom stereocenters. The normalized spacial score (nSPS) is 15.7. The van der Waals surface area contributed by atoms with Crippen LogP contribution in [0.25, 0.3) is 11.3 Å². The number of aromatic nitrogens is 4. The number of hydrogen-bond acceptors (Lipinski definition) is 5. The van der Waals surface area contributed by atoms with Gasteiger partial charge in [0.05, 0.1) is 12.2 Å². The molecular formula is C23H28ClN5O. The summed E-state index contributed by atoms with van der Waals surface area (Å²) in [5.74, 6) is 1.77. The van der Waals surface area contributed by atoms with Gasteiger partial charge >= 0.3 is 0 Å². The van der Waals surface area contributed by atoms with Crippen LogP contribution < -0.4 is 0 Å². The van der Waals surface area contributed by atoms with Gasteiger partial charge < -0.3 is 9.32 Å². The molecule has 30 heavy (non-hydrogen) atoms. The van der Waals surface area contributed by atoms with Crippen molar-refractivity contribution in [2.45, 2.75) is 52.5 Å². The SMILES string of the molecule is CC=C(Cn1nc(-c2cccc(Cl)c2)cc1CC)N1CCC(c2nnc(C)o2)CC1. The lowest BCUT2D eigenvalue weighted by atomic mass is 9.96. The highest BCUT2D eigenvalue weighted by atomic mass is 35.5. The highest BCUT2D eigenvalue weighted by Crippen LogP contribution is 2.29. The van der Waals surface area contributed by atoms with Crippen molar-refractivity contribution < 1.29 is 4.42 Å². The molecule has 0 N–H and O–H groups in total. The molecule has 1 aliphatic rings. The molecule has 0 bridgehead atoms. The summed E-state index contributed by atoms with van der Waals surface area (Å²) in [6.45, 7) is 8.85. The molecule has 0 unspecified atom stereocenters. The van der Waals surface area contributed by atoms with E-state index in [2.05, 4.69) is 51.8 Å². The number of halogens is 1. The first kappa shape index (κ1) is 20.7. The van der Waals surface area contributed by atoms with E-state index in [9.17, 15) is 0 Å². The van der Waals surface area contributed by atoms with E-state index in [1.54, 1.807) is 0 Å². The van der Waals surface area contributed by atoms with Gasteiger partial charge in [-0.3, -0.25) is 4.68 Å². The van der Waals surface area contributed by atoms with Gasteiger partial charge in [0.15, 0.2) is 0 Å². The predicted octanol–water partition coefficient (Wildman–Crippen LogP) is 5.24. The van der Waals surface area contributed by atoms with E-state index in [0.29, 0.717) is 11.8 Å². The summed E-state index contributed by atoms with van der Waals surface area (Å²) in [5.41, 5.74) is 4.54. The van der Waals surface area contributed by atoms with Gasteiger partial charge in [0.1, 0.15) is 0 Å². The lowest BCUT2D eigenvalue weighted by molar-refractivity contribution is 0.232. The quantitative estimate of drug-likeness (QED) is 0.540. The van der Waals surface area contributed by atoms with Crippen molar-refractivity contribution in [1.82, 2.24) is 24.9 Å². The van der Waals surface area contributed by atoms with Gasteiger partial charge in [0.2, 0.25) is 11.8 Å². The maximum Gasteiger partial charge on any atom is 0.219 e. The van der Waals surface area contributed by atoms with Crippen molar-refractivity contribution in [3.05, 3.63) is 64.6 Å². The van der Waals surface area contributed by atoms with Gasteiger partial charge in [-0.1, -0.05) is 36.7 Å². The van der Waals surface area contributed by atoms with Crippen LogP contribution in [0.5, 0.6) is 0 Å². The summed E-state index contributed by atoms with van der Waals surface area (Å²) < 4.78 is 7.77. The molecule has 7 heteroatoms. The summed E-state index contributed by atoms with van der Waals surface area (Å²) >= 11 is 6.18. The van der Waals surface area contributed by atoms with Crippen LogP contribution in [0.1, 0.15) is 50.1 Å². The summed E-state index contributed by atoms with van der Waals surface area (Å²) in [7, 11) is 0. The van der Waals surface area contributed by atoms with Gasteiger partial charge in [-0.15, -0.1) is 10.2 Å². The third-order valence-corrected chi connectivity index (χ3v) is 6.02. The largest absolute Gasteiger partial charge is 0.425 e. The summed E-state index contributed by atoms with van der Waals surface area (Å²) in [5, 5.41) is 13.8. The average Bonchev–Trinajstić information content (AvgIpc) is 3.38. The first-order valence-electron chi connectivity index (χ1n) is 10.6. The van der Waals surface area contributed by atoms with E-state index in [-0.39, 0.29) is 0 Å². The van der Waals surface area contributed by atoms with E-state index in [1.807, 2.05) is 25.1 Å². The molecule has 3 heterocycles. The van der Waals surface area contributed by atoms with Crippen LogP contribution in [0.2, 0.25) is 5.02 Å². The molecule has 0 saturated carbocycles. The van der Waals surface area contributed by atoms with Crippen molar-refractivity contribution >= 4 is 11.6 Å². The molecule has 0 spiro atoms. The summed E-state index contributed by atoms with van der Waals surface area (Å²) in [4.78, 5) is 2.46. The van der Waals surface area contributed by atoms with Crippen LogP contribution in [-0.4, -0.2) is 38.0 Å². The van der Waals surface area contributed by atoms with Gasteiger partial charge in [0.25, 0.3) is 0 Å². The molecule has 0 radical (unpaired) electrons. The van der Waals surface area contributed by atoms with Gasteiger partial charge in [0, 0.05) is 47.9 Å². The van der Waals surface area contributed by atoms with Crippen LogP contribution in [0, 0.1) is 6.92 Å². The second kappa shape index (κ2) is 9.04.